The zero-order valence-electron chi connectivity index (χ0n) is 41.9. The highest BCUT2D eigenvalue weighted by atomic mass is 16.7. The molecular formula is C54H101NO10. The lowest BCUT2D eigenvalue weighted by Gasteiger charge is -2.41. The molecule has 0 aromatic rings. The van der Waals surface area contributed by atoms with Crippen LogP contribution >= 0.6 is 0 Å². The molecule has 1 amide bonds. The Balaban J connectivity index is 2.78. The van der Waals surface area contributed by atoms with Crippen molar-refractivity contribution in [3.8, 4) is 0 Å². The van der Waals surface area contributed by atoms with E-state index in [2.05, 4.69) is 38.2 Å². The molecule has 0 bridgehead atoms. The van der Waals surface area contributed by atoms with Crippen LogP contribution in [0.3, 0.4) is 0 Å². The van der Waals surface area contributed by atoms with Gasteiger partial charge in [-0.15, -0.1) is 0 Å². The van der Waals surface area contributed by atoms with E-state index in [9.17, 15) is 35.1 Å². The standard InChI is InChI=1S/C54H101NO10/c1-4-7-10-13-16-19-22-24-27-28-31-34-37-40-46(57)45(55-53(62)47(58)41-38-35-32-29-26-23-20-17-14-11-8-5-2)44-63-54-52(51(61)50(60)48(43-56)64-54)65-49(59)42-39-36-33-30-25-21-18-15-12-9-6-3/h15,18,37,40,45-48,50-52,54,56-58,60-61H,4-14,16-17,19-36,38-39,41-44H2,1-3H3,(H,55,62)/b18-15-,40-37+. The van der Waals surface area contributed by atoms with Gasteiger partial charge in [0, 0.05) is 6.42 Å². The molecule has 1 fully saturated rings. The van der Waals surface area contributed by atoms with Crippen molar-refractivity contribution < 1.29 is 49.3 Å². The predicted molar refractivity (Wildman–Crippen MR) is 264 cm³/mol. The number of nitrogens with one attached hydrogen (secondary N) is 1. The molecule has 382 valence electrons. The van der Waals surface area contributed by atoms with Gasteiger partial charge in [-0.1, -0.05) is 218 Å². The first-order chi connectivity index (χ1) is 31.7. The van der Waals surface area contributed by atoms with Crippen LogP contribution in [0, 0.1) is 0 Å². The summed E-state index contributed by atoms with van der Waals surface area (Å²) in [5, 5.41) is 56.6. The number of esters is 1. The van der Waals surface area contributed by atoms with Crippen LogP contribution in [-0.2, 0) is 23.8 Å². The van der Waals surface area contributed by atoms with Crippen molar-refractivity contribution in [1.82, 2.24) is 5.32 Å². The van der Waals surface area contributed by atoms with Crippen LogP contribution in [0.25, 0.3) is 0 Å². The number of hydrogen-bond acceptors (Lipinski definition) is 10. The molecule has 1 aliphatic heterocycles. The fourth-order valence-electron chi connectivity index (χ4n) is 8.46. The molecule has 65 heavy (non-hydrogen) atoms. The smallest absolute Gasteiger partial charge is 0.306 e. The normalized spacial score (nSPS) is 20.4. The molecule has 8 unspecified atom stereocenters. The second kappa shape index (κ2) is 43.4. The Labute approximate surface area is 397 Å². The van der Waals surface area contributed by atoms with E-state index >= 15 is 0 Å². The van der Waals surface area contributed by atoms with Crippen molar-refractivity contribution in [2.75, 3.05) is 13.2 Å². The fraction of sp³-hybridized carbons (Fsp3) is 0.889. The third-order valence-corrected chi connectivity index (χ3v) is 12.9. The van der Waals surface area contributed by atoms with Gasteiger partial charge < -0.3 is 45.1 Å². The van der Waals surface area contributed by atoms with Crippen LogP contribution in [0.15, 0.2) is 24.3 Å². The number of allylic oxidation sites excluding steroid dienone is 3. The van der Waals surface area contributed by atoms with Crippen molar-refractivity contribution in [2.24, 2.45) is 0 Å². The molecule has 0 aromatic heterocycles. The minimum atomic E-state index is -1.61. The lowest BCUT2D eigenvalue weighted by atomic mass is 9.99. The van der Waals surface area contributed by atoms with Crippen molar-refractivity contribution in [3.63, 3.8) is 0 Å². The van der Waals surface area contributed by atoms with Gasteiger partial charge in [-0.05, 0) is 44.9 Å². The van der Waals surface area contributed by atoms with Gasteiger partial charge in [0.15, 0.2) is 12.4 Å². The second-order valence-electron chi connectivity index (χ2n) is 19.0. The number of carbonyl (C=O) groups is 2. The number of aliphatic hydroxyl groups is 5. The van der Waals surface area contributed by atoms with E-state index in [0.29, 0.717) is 19.3 Å². The Bertz CT molecular complexity index is 1150. The lowest BCUT2D eigenvalue weighted by Crippen LogP contribution is -2.61. The Morgan fingerprint density at radius 2 is 1.03 bits per heavy atom. The zero-order chi connectivity index (χ0) is 47.6. The van der Waals surface area contributed by atoms with Crippen LogP contribution in [0.5, 0.6) is 0 Å². The molecule has 0 aliphatic carbocycles. The highest BCUT2D eigenvalue weighted by Crippen LogP contribution is 2.26. The number of carbonyl (C=O) groups excluding carboxylic acids is 2. The molecule has 6 N–H and O–H groups in total. The highest BCUT2D eigenvalue weighted by Gasteiger charge is 2.47. The van der Waals surface area contributed by atoms with Crippen LogP contribution < -0.4 is 5.32 Å². The van der Waals surface area contributed by atoms with Gasteiger partial charge >= 0.3 is 5.97 Å². The summed E-state index contributed by atoms with van der Waals surface area (Å²) in [5.41, 5.74) is 0. The third kappa shape index (κ3) is 32.5. The topological polar surface area (TPSA) is 175 Å². The van der Waals surface area contributed by atoms with Crippen LogP contribution in [0.1, 0.15) is 245 Å². The van der Waals surface area contributed by atoms with Crippen LogP contribution in [-0.4, -0.2) is 99.6 Å². The molecule has 0 radical (unpaired) electrons. The summed E-state index contributed by atoms with van der Waals surface area (Å²) in [6.45, 7) is 5.72. The summed E-state index contributed by atoms with van der Waals surface area (Å²) >= 11 is 0. The molecule has 1 aliphatic rings. The van der Waals surface area contributed by atoms with E-state index in [-0.39, 0.29) is 13.0 Å². The average molecular weight is 924 g/mol. The first kappa shape index (κ1) is 61.2. The Morgan fingerprint density at radius 3 is 1.54 bits per heavy atom. The molecule has 1 rings (SSSR count). The monoisotopic (exact) mass is 924 g/mol. The summed E-state index contributed by atoms with van der Waals surface area (Å²) in [4.78, 5) is 26.3. The fourth-order valence-corrected chi connectivity index (χ4v) is 8.46. The molecule has 11 nitrogen and oxygen atoms in total. The second-order valence-corrected chi connectivity index (χ2v) is 19.0. The Hall–Kier alpha value is -1.86. The van der Waals surface area contributed by atoms with Gasteiger partial charge in [0.05, 0.1) is 25.4 Å². The maximum Gasteiger partial charge on any atom is 0.306 e. The summed E-state index contributed by atoms with van der Waals surface area (Å²) in [5.74, 6) is -1.20. The Kier molecular flexibility index (Phi) is 40.9. The largest absolute Gasteiger partial charge is 0.454 e. The maximum atomic E-state index is 13.3. The van der Waals surface area contributed by atoms with E-state index < -0.39 is 67.4 Å². The average Bonchev–Trinajstić information content (AvgIpc) is 3.30. The van der Waals surface area contributed by atoms with E-state index in [1.807, 2.05) is 6.08 Å². The first-order valence-corrected chi connectivity index (χ1v) is 27.1. The van der Waals surface area contributed by atoms with E-state index in [1.165, 1.54) is 122 Å². The summed E-state index contributed by atoms with van der Waals surface area (Å²) in [6.07, 6.45) is 36.6. The predicted octanol–water partition coefficient (Wildman–Crippen LogP) is 11.4. The van der Waals surface area contributed by atoms with Gasteiger partial charge in [0.1, 0.15) is 24.4 Å². The summed E-state index contributed by atoms with van der Waals surface area (Å²) in [7, 11) is 0. The Morgan fingerprint density at radius 1 is 0.585 bits per heavy atom. The molecule has 1 saturated heterocycles. The molecule has 11 heteroatoms. The highest BCUT2D eigenvalue weighted by molar-refractivity contribution is 5.80. The maximum absolute atomic E-state index is 13.3. The van der Waals surface area contributed by atoms with E-state index in [4.69, 9.17) is 14.2 Å². The quantitative estimate of drug-likeness (QED) is 0.0196. The zero-order valence-corrected chi connectivity index (χ0v) is 41.9. The lowest BCUT2D eigenvalue weighted by molar-refractivity contribution is -0.305. The SMILES string of the molecule is CCCC/C=C\CCCCCCCC(=O)OC1C(OCC(NC(=O)C(O)CCCCCCCCCCCCCC)C(O)/C=C/CCCCCCCCCCCCC)OC(CO)C(O)C1O. The third-order valence-electron chi connectivity index (χ3n) is 12.9. The van der Waals surface area contributed by atoms with Gasteiger partial charge in [0.2, 0.25) is 5.91 Å². The van der Waals surface area contributed by atoms with Gasteiger partial charge in [0.25, 0.3) is 0 Å². The van der Waals surface area contributed by atoms with Crippen molar-refractivity contribution in [3.05, 3.63) is 24.3 Å². The molecule has 0 aromatic carbocycles. The van der Waals surface area contributed by atoms with E-state index in [1.54, 1.807) is 6.08 Å². The van der Waals surface area contributed by atoms with Gasteiger partial charge in [-0.25, -0.2) is 0 Å². The van der Waals surface area contributed by atoms with Crippen LogP contribution in [0.2, 0.25) is 0 Å². The van der Waals surface area contributed by atoms with Crippen LogP contribution in [0.4, 0.5) is 0 Å². The summed E-state index contributed by atoms with van der Waals surface area (Å²) < 4.78 is 17.5. The number of unbranched alkanes of at least 4 members (excludes halogenated alkanes) is 29. The van der Waals surface area contributed by atoms with Gasteiger partial charge in [-0.2, -0.15) is 0 Å². The van der Waals surface area contributed by atoms with E-state index in [0.717, 1.165) is 77.0 Å². The first-order valence-electron chi connectivity index (χ1n) is 27.1. The van der Waals surface area contributed by atoms with Crippen molar-refractivity contribution in [1.29, 1.82) is 0 Å². The number of rotatable bonds is 45. The molecule has 1 heterocycles. The molecule has 0 saturated carbocycles. The number of aliphatic hydroxyl groups excluding tert-OH is 5. The van der Waals surface area contributed by atoms with Crippen molar-refractivity contribution in [2.45, 2.75) is 294 Å². The number of hydrogen-bond donors (Lipinski definition) is 6. The minimum absolute atomic E-state index is 0.116. The summed E-state index contributed by atoms with van der Waals surface area (Å²) in [6, 6.07) is -1.02. The number of ether oxygens (including phenoxy) is 3. The molecular weight excluding hydrogens is 823 g/mol. The molecule has 8 atom stereocenters. The minimum Gasteiger partial charge on any atom is -0.454 e. The van der Waals surface area contributed by atoms with Crippen molar-refractivity contribution >= 4 is 11.9 Å². The molecule has 0 spiro atoms. The number of amides is 1. The van der Waals surface area contributed by atoms with Gasteiger partial charge in [-0.3, -0.25) is 9.59 Å².